The van der Waals surface area contributed by atoms with Crippen LogP contribution in [0.25, 0.3) is 0 Å². The van der Waals surface area contributed by atoms with Crippen molar-refractivity contribution >= 4 is 29.5 Å². The zero-order chi connectivity index (χ0) is 21.4. The van der Waals surface area contributed by atoms with E-state index < -0.39 is 23.8 Å². The number of nitrogens with zero attached hydrogens (tertiary/aromatic N) is 1. The molecule has 2 amide bonds. The van der Waals surface area contributed by atoms with Crippen LogP contribution in [-0.2, 0) is 14.4 Å². The lowest BCUT2D eigenvalue weighted by molar-refractivity contribution is -0.155. The van der Waals surface area contributed by atoms with E-state index >= 15 is 0 Å². The van der Waals surface area contributed by atoms with Crippen LogP contribution in [0, 0.1) is 0 Å². The molecule has 1 saturated heterocycles. The number of rotatable bonds is 11. The molecule has 0 aromatic heterocycles. The Labute approximate surface area is 175 Å². The molecule has 0 saturated carbocycles. The quantitative estimate of drug-likeness (QED) is 0.325. The van der Waals surface area contributed by atoms with Crippen LogP contribution in [0.3, 0.4) is 0 Å². The van der Waals surface area contributed by atoms with Gasteiger partial charge in [0.2, 0.25) is 0 Å². The number of aliphatic carboxylic acids is 1. The van der Waals surface area contributed by atoms with Crippen LogP contribution in [0.4, 0.5) is 0 Å². The maximum atomic E-state index is 12.7. The van der Waals surface area contributed by atoms with Crippen molar-refractivity contribution in [2.24, 2.45) is 0 Å². The van der Waals surface area contributed by atoms with Crippen molar-refractivity contribution in [2.75, 3.05) is 18.1 Å². The lowest BCUT2D eigenvalue weighted by Gasteiger charge is -2.47. The van der Waals surface area contributed by atoms with Crippen molar-refractivity contribution < 1.29 is 24.2 Å². The van der Waals surface area contributed by atoms with Gasteiger partial charge in [-0.1, -0.05) is 32.0 Å². The highest BCUT2D eigenvalue weighted by molar-refractivity contribution is 7.99. The number of likely N-dealkylation sites (tertiary alicyclic amines) is 1. The number of carbonyl (C=O) groups is 3. The highest BCUT2D eigenvalue weighted by atomic mass is 32.2. The predicted octanol–water partition coefficient (Wildman–Crippen LogP) is 2.67. The highest BCUT2D eigenvalue weighted by Gasteiger charge is 2.51. The van der Waals surface area contributed by atoms with Gasteiger partial charge in [0, 0.05) is 0 Å². The number of amides is 2. The van der Waals surface area contributed by atoms with Crippen LogP contribution < -0.4 is 10.1 Å². The Morgan fingerprint density at radius 1 is 1.24 bits per heavy atom. The number of thioether (sulfide) groups is 1. The standard InChI is InChI=1S/C21H28N2O5S/c1-4-14(3)19(21(26)27)23-16(11-12-29-5-2)18(20(23)25)22-17(24)13-28-15-9-7-6-8-10-15/h6-10,16,18H,4-5,11-13H2,1-3H3,(H,22,24)(H,26,27)/t16-,18+/m1/s1. The number of β-lactam (4-membered cyclic amide) rings is 1. The molecule has 1 aromatic rings. The van der Waals surface area contributed by atoms with Crippen molar-refractivity contribution in [3.8, 4) is 5.75 Å². The predicted molar refractivity (Wildman–Crippen MR) is 113 cm³/mol. The van der Waals surface area contributed by atoms with E-state index in [-0.39, 0.29) is 18.3 Å². The summed E-state index contributed by atoms with van der Waals surface area (Å²) in [7, 11) is 0. The molecule has 0 radical (unpaired) electrons. The van der Waals surface area contributed by atoms with Gasteiger partial charge in [-0.3, -0.25) is 14.5 Å². The first-order valence-electron chi connectivity index (χ1n) is 9.71. The summed E-state index contributed by atoms with van der Waals surface area (Å²) < 4.78 is 5.43. The van der Waals surface area contributed by atoms with Gasteiger partial charge in [0.05, 0.1) is 6.04 Å². The van der Waals surface area contributed by atoms with Gasteiger partial charge in [-0.15, -0.1) is 0 Å². The van der Waals surface area contributed by atoms with E-state index in [1.54, 1.807) is 43.0 Å². The largest absolute Gasteiger partial charge is 0.484 e. The SMILES string of the molecule is CCSCC[C@@H]1[C@H](NC(=O)COc2ccccc2)C(=O)N1C(C(=O)O)=C(C)CC. The summed E-state index contributed by atoms with van der Waals surface area (Å²) in [6, 6.07) is 7.82. The van der Waals surface area contributed by atoms with Gasteiger partial charge >= 0.3 is 5.97 Å². The van der Waals surface area contributed by atoms with Crippen LogP contribution >= 0.6 is 11.8 Å². The van der Waals surface area contributed by atoms with Crippen LogP contribution in [0.15, 0.2) is 41.6 Å². The van der Waals surface area contributed by atoms with E-state index in [1.807, 2.05) is 19.9 Å². The molecule has 1 heterocycles. The fourth-order valence-corrected chi connectivity index (χ4v) is 3.86. The summed E-state index contributed by atoms with van der Waals surface area (Å²) in [6.07, 6.45) is 1.13. The van der Waals surface area contributed by atoms with Crippen molar-refractivity contribution in [1.29, 1.82) is 0 Å². The molecule has 0 spiro atoms. The molecule has 0 bridgehead atoms. The third kappa shape index (κ3) is 5.76. The molecule has 1 aliphatic rings. The topological polar surface area (TPSA) is 95.9 Å². The summed E-state index contributed by atoms with van der Waals surface area (Å²) in [4.78, 5) is 38.2. The Morgan fingerprint density at radius 2 is 1.93 bits per heavy atom. The molecule has 0 unspecified atom stereocenters. The Hall–Kier alpha value is -2.48. The molecule has 7 nitrogen and oxygen atoms in total. The summed E-state index contributed by atoms with van der Waals surface area (Å²) in [5, 5.41) is 12.3. The molecule has 1 aliphatic heterocycles. The van der Waals surface area contributed by atoms with Crippen LogP contribution in [-0.4, -0.2) is 58.0 Å². The number of benzene rings is 1. The summed E-state index contributed by atoms with van der Waals surface area (Å²) in [5.74, 6) is 0.342. The number of ether oxygens (including phenoxy) is 1. The fourth-order valence-electron chi connectivity index (χ4n) is 3.16. The normalized spacial score (nSPS) is 19.3. The van der Waals surface area contributed by atoms with Gasteiger partial charge in [0.25, 0.3) is 11.8 Å². The second-order valence-electron chi connectivity index (χ2n) is 6.70. The molecular weight excluding hydrogens is 392 g/mol. The zero-order valence-corrected chi connectivity index (χ0v) is 17.8. The molecule has 8 heteroatoms. The number of carboxylic acids is 1. The molecule has 158 valence electrons. The molecule has 2 atom stereocenters. The number of carbonyl (C=O) groups excluding carboxylic acids is 2. The van der Waals surface area contributed by atoms with E-state index in [4.69, 9.17) is 4.74 Å². The van der Waals surface area contributed by atoms with Gasteiger partial charge in [-0.05, 0) is 49.0 Å². The van der Waals surface area contributed by atoms with Crippen LogP contribution in [0.1, 0.15) is 33.6 Å². The summed E-state index contributed by atoms with van der Waals surface area (Å²) in [5.41, 5.74) is 0.659. The summed E-state index contributed by atoms with van der Waals surface area (Å²) >= 11 is 1.71. The minimum atomic E-state index is -1.12. The summed E-state index contributed by atoms with van der Waals surface area (Å²) in [6.45, 7) is 5.40. The first-order chi connectivity index (χ1) is 13.9. The second kappa shape index (κ2) is 10.9. The number of hydrogen-bond acceptors (Lipinski definition) is 5. The molecular formula is C21H28N2O5S. The Morgan fingerprint density at radius 3 is 2.52 bits per heavy atom. The number of allylic oxidation sites excluding steroid dienone is 1. The average Bonchev–Trinajstić information content (AvgIpc) is 2.72. The molecule has 1 aromatic carbocycles. The minimum Gasteiger partial charge on any atom is -0.484 e. The van der Waals surface area contributed by atoms with Crippen molar-refractivity contribution in [3.05, 3.63) is 41.6 Å². The second-order valence-corrected chi connectivity index (χ2v) is 8.09. The van der Waals surface area contributed by atoms with Crippen molar-refractivity contribution in [1.82, 2.24) is 10.2 Å². The fraction of sp³-hybridized carbons (Fsp3) is 0.476. The van der Waals surface area contributed by atoms with Gasteiger partial charge < -0.3 is 15.2 Å². The number of para-hydroxylation sites is 1. The molecule has 2 N–H and O–H groups in total. The Balaban J connectivity index is 2.08. The first-order valence-corrected chi connectivity index (χ1v) is 10.9. The lowest BCUT2D eigenvalue weighted by atomic mass is 9.90. The monoisotopic (exact) mass is 420 g/mol. The number of nitrogens with one attached hydrogen (secondary N) is 1. The smallest absolute Gasteiger partial charge is 0.352 e. The third-order valence-electron chi connectivity index (χ3n) is 4.79. The van der Waals surface area contributed by atoms with Crippen molar-refractivity contribution in [2.45, 2.75) is 45.7 Å². The number of carboxylic acid groups (broad SMARTS) is 1. The minimum absolute atomic E-state index is 0.0232. The van der Waals surface area contributed by atoms with Crippen molar-refractivity contribution in [3.63, 3.8) is 0 Å². The lowest BCUT2D eigenvalue weighted by Crippen LogP contribution is -2.71. The highest BCUT2D eigenvalue weighted by Crippen LogP contribution is 2.31. The molecule has 29 heavy (non-hydrogen) atoms. The maximum Gasteiger partial charge on any atom is 0.352 e. The first kappa shape index (κ1) is 22.8. The van der Waals surface area contributed by atoms with Gasteiger partial charge in [-0.25, -0.2) is 4.79 Å². The van der Waals surface area contributed by atoms with Gasteiger partial charge in [0.1, 0.15) is 17.5 Å². The van der Waals surface area contributed by atoms with E-state index in [2.05, 4.69) is 5.32 Å². The Bertz CT molecular complexity index is 766. The van der Waals surface area contributed by atoms with Crippen LogP contribution in [0.5, 0.6) is 5.75 Å². The maximum absolute atomic E-state index is 12.7. The zero-order valence-electron chi connectivity index (χ0n) is 17.0. The van der Waals surface area contributed by atoms with E-state index in [1.165, 1.54) is 4.90 Å². The third-order valence-corrected chi connectivity index (χ3v) is 5.72. The number of hydrogen-bond donors (Lipinski definition) is 2. The van der Waals surface area contributed by atoms with Gasteiger partial charge in [-0.2, -0.15) is 11.8 Å². The average molecular weight is 421 g/mol. The van der Waals surface area contributed by atoms with Crippen LogP contribution in [0.2, 0.25) is 0 Å². The Kier molecular flexibility index (Phi) is 8.57. The van der Waals surface area contributed by atoms with E-state index in [9.17, 15) is 19.5 Å². The van der Waals surface area contributed by atoms with Gasteiger partial charge in [0.15, 0.2) is 6.61 Å². The molecule has 1 fully saturated rings. The van der Waals surface area contributed by atoms with E-state index in [0.717, 1.165) is 11.5 Å². The molecule has 2 rings (SSSR count). The van der Waals surface area contributed by atoms with E-state index in [0.29, 0.717) is 24.2 Å². The molecule has 0 aliphatic carbocycles.